The summed E-state index contributed by atoms with van der Waals surface area (Å²) >= 11 is 0. The standard InChI is InChI=1S/C18H21N3O4/c22-18(13-4-7-23-10-13)20-15-9-21-6-8-24-12-16(21)17(15)25-11-14-3-1-2-5-19-14/h1-5,7,10,15-17H,6,8-9,11-12H2,(H,20,22)/t15-,16+,17+/m1/s1. The highest BCUT2D eigenvalue weighted by Crippen LogP contribution is 2.25. The molecule has 2 fully saturated rings. The van der Waals surface area contributed by atoms with Crippen molar-refractivity contribution >= 4 is 5.91 Å². The van der Waals surface area contributed by atoms with Gasteiger partial charge < -0.3 is 19.2 Å². The van der Waals surface area contributed by atoms with Crippen molar-refractivity contribution in [2.75, 3.05) is 26.3 Å². The van der Waals surface area contributed by atoms with Crippen molar-refractivity contribution < 1.29 is 18.7 Å². The van der Waals surface area contributed by atoms with Gasteiger partial charge in [-0.25, -0.2) is 0 Å². The van der Waals surface area contributed by atoms with Crippen molar-refractivity contribution in [1.29, 1.82) is 0 Å². The molecule has 2 aromatic rings. The van der Waals surface area contributed by atoms with Crippen LogP contribution in [0.5, 0.6) is 0 Å². The summed E-state index contributed by atoms with van der Waals surface area (Å²) in [6.45, 7) is 3.35. The van der Waals surface area contributed by atoms with Gasteiger partial charge in [-0.3, -0.25) is 14.7 Å². The second-order valence-electron chi connectivity index (χ2n) is 6.33. The highest BCUT2D eigenvalue weighted by Gasteiger charge is 2.44. The average molecular weight is 343 g/mol. The molecule has 7 nitrogen and oxygen atoms in total. The summed E-state index contributed by atoms with van der Waals surface area (Å²) in [6, 6.07) is 7.45. The Kier molecular flexibility index (Phi) is 4.78. The first-order chi connectivity index (χ1) is 12.3. The highest BCUT2D eigenvalue weighted by atomic mass is 16.5. The number of carbonyl (C=O) groups excluding carboxylic acids is 1. The fourth-order valence-electron chi connectivity index (χ4n) is 3.48. The van der Waals surface area contributed by atoms with Crippen molar-refractivity contribution in [2.45, 2.75) is 24.8 Å². The van der Waals surface area contributed by atoms with E-state index in [1.54, 1.807) is 12.3 Å². The third-order valence-corrected chi connectivity index (χ3v) is 4.74. The smallest absolute Gasteiger partial charge is 0.254 e. The zero-order chi connectivity index (χ0) is 17.1. The van der Waals surface area contributed by atoms with Gasteiger partial charge in [-0.1, -0.05) is 6.07 Å². The Morgan fingerprint density at radius 2 is 2.36 bits per heavy atom. The van der Waals surface area contributed by atoms with Crippen molar-refractivity contribution in [1.82, 2.24) is 15.2 Å². The molecule has 0 radical (unpaired) electrons. The predicted octanol–water partition coefficient (Wildman–Crippen LogP) is 1.07. The number of rotatable bonds is 5. The van der Waals surface area contributed by atoms with Crippen LogP contribution in [0.1, 0.15) is 16.1 Å². The molecule has 1 amide bonds. The summed E-state index contributed by atoms with van der Waals surface area (Å²) in [4.78, 5) is 19.0. The van der Waals surface area contributed by atoms with Gasteiger partial charge in [0.1, 0.15) is 6.26 Å². The Bertz CT molecular complexity index is 692. The summed E-state index contributed by atoms with van der Waals surface area (Å²) in [5.74, 6) is -0.147. The first-order valence-electron chi connectivity index (χ1n) is 8.47. The number of hydrogen-bond acceptors (Lipinski definition) is 6. The third-order valence-electron chi connectivity index (χ3n) is 4.74. The van der Waals surface area contributed by atoms with Crippen LogP contribution in [-0.4, -0.2) is 60.3 Å². The molecule has 25 heavy (non-hydrogen) atoms. The van der Waals surface area contributed by atoms with Crippen LogP contribution in [0.25, 0.3) is 0 Å². The number of pyridine rings is 1. The quantitative estimate of drug-likeness (QED) is 0.875. The molecule has 0 saturated carbocycles. The monoisotopic (exact) mass is 343 g/mol. The van der Waals surface area contributed by atoms with Crippen LogP contribution in [0.3, 0.4) is 0 Å². The molecule has 2 saturated heterocycles. The Labute approximate surface area is 145 Å². The van der Waals surface area contributed by atoms with Gasteiger partial charge in [0, 0.05) is 19.3 Å². The summed E-state index contributed by atoms with van der Waals surface area (Å²) in [5.41, 5.74) is 1.39. The van der Waals surface area contributed by atoms with Gasteiger partial charge in [0.25, 0.3) is 5.91 Å². The molecule has 7 heteroatoms. The second-order valence-corrected chi connectivity index (χ2v) is 6.33. The summed E-state index contributed by atoms with van der Waals surface area (Å²) in [7, 11) is 0. The van der Waals surface area contributed by atoms with Gasteiger partial charge in [0.2, 0.25) is 0 Å². The first-order valence-corrected chi connectivity index (χ1v) is 8.47. The van der Waals surface area contributed by atoms with E-state index in [4.69, 9.17) is 13.9 Å². The molecule has 0 aliphatic carbocycles. The fraction of sp³-hybridized carbons (Fsp3) is 0.444. The Morgan fingerprint density at radius 1 is 1.40 bits per heavy atom. The summed E-state index contributed by atoms with van der Waals surface area (Å²) in [6.07, 6.45) is 4.56. The lowest BCUT2D eigenvalue weighted by Gasteiger charge is -2.32. The van der Waals surface area contributed by atoms with Crippen LogP contribution >= 0.6 is 0 Å². The molecule has 1 N–H and O–H groups in total. The van der Waals surface area contributed by atoms with E-state index >= 15 is 0 Å². The number of aromatic nitrogens is 1. The van der Waals surface area contributed by atoms with E-state index in [0.717, 1.165) is 18.8 Å². The molecule has 0 aromatic carbocycles. The first kappa shape index (κ1) is 16.3. The number of morpholine rings is 1. The highest BCUT2D eigenvalue weighted by molar-refractivity contribution is 5.94. The molecular formula is C18H21N3O4. The van der Waals surface area contributed by atoms with E-state index in [1.165, 1.54) is 12.5 Å². The number of nitrogens with one attached hydrogen (secondary N) is 1. The van der Waals surface area contributed by atoms with Crippen LogP contribution in [0.15, 0.2) is 47.4 Å². The third kappa shape index (κ3) is 3.58. The maximum atomic E-state index is 12.4. The Morgan fingerprint density at radius 3 is 3.16 bits per heavy atom. The topological polar surface area (TPSA) is 76.8 Å². The minimum atomic E-state index is -0.147. The van der Waals surface area contributed by atoms with E-state index in [0.29, 0.717) is 25.4 Å². The number of fused-ring (bicyclic) bond motifs is 1. The molecule has 0 bridgehead atoms. The van der Waals surface area contributed by atoms with Crippen molar-refractivity contribution in [3.05, 3.63) is 54.2 Å². The van der Waals surface area contributed by atoms with E-state index in [-0.39, 0.29) is 24.1 Å². The molecule has 4 heterocycles. The van der Waals surface area contributed by atoms with Gasteiger partial charge in [0.15, 0.2) is 0 Å². The minimum Gasteiger partial charge on any atom is -0.472 e. The lowest BCUT2D eigenvalue weighted by atomic mass is 10.1. The fourth-order valence-corrected chi connectivity index (χ4v) is 3.48. The van der Waals surface area contributed by atoms with Crippen molar-refractivity contribution in [3.8, 4) is 0 Å². The van der Waals surface area contributed by atoms with E-state index in [9.17, 15) is 4.79 Å². The molecule has 132 valence electrons. The maximum Gasteiger partial charge on any atom is 0.254 e. The normalized spacial score (nSPS) is 26.3. The Hall–Kier alpha value is -2.22. The molecule has 0 unspecified atom stereocenters. The van der Waals surface area contributed by atoms with Crippen LogP contribution in [0.4, 0.5) is 0 Å². The minimum absolute atomic E-state index is 0.0992. The molecule has 4 rings (SSSR count). The molecular weight excluding hydrogens is 322 g/mol. The number of carbonyl (C=O) groups is 1. The van der Waals surface area contributed by atoms with Gasteiger partial charge in [-0.2, -0.15) is 0 Å². The van der Waals surface area contributed by atoms with Crippen LogP contribution in [-0.2, 0) is 16.1 Å². The molecule has 2 aliphatic rings. The number of ether oxygens (including phenoxy) is 2. The second kappa shape index (κ2) is 7.35. The molecule has 3 atom stereocenters. The van der Waals surface area contributed by atoms with Gasteiger partial charge in [0.05, 0.1) is 55.5 Å². The van der Waals surface area contributed by atoms with Gasteiger partial charge in [-0.05, 0) is 18.2 Å². The predicted molar refractivity (Wildman–Crippen MR) is 89.0 cm³/mol. The zero-order valence-electron chi connectivity index (χ0n) is 13.8. The maximum absolute atomic E-state index is 12.4. The van der Waals surface area contributed by atoms with Crippen LogP contribution in [0.2, 0.25) is 0 Å². The van der Waals surface area contributed by atoms with Gasteiger partial charge >= 0.3 is 0 Å². The zero-order valence-corrected chi connectivity index (χ0v) is 13.8. The van der Waals surface area contributed by atoms with E-state index in [2.05, 4.69) is 15.2 Å². The number of nitrogens with zero attached hydrogens (tertiary/aromatic N) is 2. The van der Waals surface area contributed by atoms with Crippen molar-refractivity contribution in [2.24, 2.45) is 0 Å². The van der Waals surface area contributed by atoms with E-state index in [1.807, 2.05) is 18.2 Å². The number of hydrogen-bond donors (Lipinski definition) is 1. The number of furan rings is 1. The summed E-state index contributed by atoms with van der Waals surface area (Å²) in [5, 5.41) is 3.08. The van der Waals surface area contributed by atoms with Crippen LogP contribution in [0, 0.1) is 0 Å². The molecule has 2 aliphatic heterocycles. The van der Waals surface area contributed by atoms with Crippen molar-refractivity contribution in [3.63, 3.8) is 0 Å². The average Bonchev–Trinajstić information content (AvgIpc) is 3.29. The molecule has 0 spiro atoms. The lowest BCUT2D eigenvalue weighted by molar-refractivity contribution is -0.0537. The Balaban J connectivity index is 1.46. The largest absolute Gasteiger partial charge is 0.472 e. The lowest BCUT2D eigenvalue weighted by Crippen LogP contribution is -2.48. The number of amides is 1. The SMILES string of the molecule is O=C(N[C@@H]1CN2CCOC[C@H]2[C@H]1OCc1ccccn1)c1ccoc1. The molecule has 2 aromatic heterocycles. The van der Waals surface area contributed by atoms with E-state index < -0.39 is 0 Å². The van der Waals surface area contributed by atoms with Gasteiger partial charge in [-0.15, -0.1) is 0 Å². The van der Waals surface area contributed by atoms with Crippen LogP contribution < -0.4 is 5.32 Å². The summed E-state index contributed by atoms with van der Waals surface area (Å²) < 4.78 is 16.8.